The second-order valence-electron chi connectivity index (χ2n) is 10.8. The molecule has 1 aromatic rings. The summed E-state index contributed by atoms with van der Waals surface area (Å²) in [6, 6.07) is 5.25. The van der Waals surface area contributed by atoms with Crippen molar-refractivity contribution < 1.29 is 33.5 Å². The Bertz CT molecular complexity index is 1040. The molecule has 5 N–H and O–H groups in total. The van der Waals surface area contributed by atoms with Crippen molar-refractivity contribution >= 4 is 41.1 Å². The van der Waals surface area contributed by atoms with Crippen LogP contribution in [0.15, 0.2) is 24.3 Å². The quantitative estimate of drug-likeness (QED) is 0.129. The van der Waals surface area contributed by atoms with Gasteiger partial charge in [0.1, 0.15) is 12.4 Å². The summed E-state index contributed by atoms with van der Waals surface area (Å²) in [5.41, 5.74) is 6.36. The van der Waals surface area contributed by atoms with Crippen LogP contribution in [-0.4, -0.2) is 48.0 Å². The monoisotopic (exact) mass is 560 g/mol. The second-order valence-corrected chi connectivity index (χ2v) is 10.8. The highest BCUT2D eigenvalue weighted by Crippen LogP contribution is 2.20. The zero-order valence-corrected chi connectivity index (χ0v) is 24.4. The molecule has 0 spiro atoms. The van der Waals surface area contributed by atoms with Crippen LogP contribution in [0.2, 0.25) is 0 Å². The molecule has 0 unspecified atom stereocenters. The number of hydrogen-bond acceptors (Lipinski definition) is 7. The lowest BCUT2D eigenvalue weighted by Gasteiger charge is -2.24. The van der Waals surface area contributed by atoms with E-state index in [1.807, 2.05) is 0 Å². The third-order valence-electron chi connectivity index (χ3n) is 6.23. The van der Waals surface area contributed by atoms with Crippen molar-refractivity contribution in [1.29, 1.82) is 0 Å². The van der Waals surface area contributed by atoms with Crippen molar-refractivity contribution in [3.05, 3.63) is 29.8 Å². The Hall–Kier alpha value is -3.76. The van der Waals surface area contributed by atoms with E-state index in [4.69, 9.17) is 10.5 Å². The van der Waals surface area contributed by atoms with E-state index in [0.29, 0.717) is 12.1 Å². The fraction of sp³-hybridized carbons (Fsp3) is 0.586. The Morgan fingerprint density at radius 1 is 0.875 bits per heavy atom. The average Bonchev–Trinajstić information content (AvgIpc) is 2.87. The standard InChI is InChI=1S/C29H44N4O7/c1-17(2)23(34)15-25(36)33-26(18(3)4)24(35)14-21(8-7-13-31-29(30)39)27(37)32-22-11-9-20(10-12-22)16-40-28(38)19(5)6/h9-12,17-19,21,26H,7-8,13-16H2,1-6H3,(H,32,37)(H,33,36)(H3,30,31,39)/t21-,26+/m1/s1. The molecule has 0 aromatic heterocycles. The van der Waals surface area contributed by atoms with E-state index in [-0.39, 0.29) is 67.7 Å². The molecule has 4 amide bonds. The predicted octanol–water partition coefficient (Wildman–Crippen LogP) is 3.10. The molecule has 40 heavy (non-hydrogen) atoms. The van der Waals surface area contributed by atoms with Gasteiger partial charge in [0.25, 0.3) is 0 Å². The van der Waals surface area contributed by atoms with Gasteiger partial charge in [-0.15, -0.1) is 0 Å². The maximum absolute atomic E-state index is 13.3. The molecule has 11 heteroatoms. The first-order valence-electron chi connectivity index (χ1n) is 13.7. The number of ether oxygens (including phenoxy) is 1. The lowest BCUT2D eigenvalue weighted by Crippen LogP contribution is -2.46. The molecular weight excluding hydrogens is 516 g/mol. The molecule has 0 aliphatic rings. The molecule has 0 saturated heterocycles. The lowest BCUT2D eigenvalue weighted by molar-refractivity contribution is -0.148. The summed E-state index contributed by atoms with van der Waals surface area (Å²) in [6.07, 6.45) is 0.220. The second kappa shape index (κ2) is 17.0. The molecule has 0 fully saturated rings. The third-order valence-corrected chi connectivity index (χ3v) is 6.23. The molecule has 0 bridgehead atoms. The minimum Gasteiger partial charge on any atom is -0.461 e. The summed E-state index contributed by atoms with van der Waals surface area (Å²) in [7, 11) is 0. The minimum absolute atomic E-state index is 0.111. The van der Waals surface area contributed by atoms with E-state index in [9.17, 15) is 28.8 Å². The van der Waals surface area contributed by atoms with Gasteiger partial charge in [0.2, 0.25) is 11.8 Å². The van der Waals surface area contributed by atoms with Gasteiger partial charge in [0, 0.05) is 30.5 Å². The van der Waals surface area contributed by atoms with Crippen molar-refractivity contribution in [3.8, 4) is 0 Å². The van der Waals surface area contributed by atoms with Crippen molar-refractivity contribution in [2.24, 2.45) is 29.4 Å². The number of primary amides is 1. The highest BCUT2D eigenvalue weighted by molar-refractivity contribution is 6.01. The Morgan fingerprint density at radius 3 is 2.02 bits per heavy atom. The zero-order valence-electron chi connectivity index (χ0n) is 24.4. The Labute approximate surface area is 236 Å². The number of ketones is 2. The van der Waals surface area contributed by atoms with Crippen molar-refractivity contribution in [1.82, 2.24) is 10.6 Å². The van der Waals surface area contributed by atoms with Gasteiger partial charge in [-0.1, -0.05) is 53.7 Å². The molecule has 0 saturated carbocycles. The molecule has 0 aliphatic heterocycles. The number of anilines is 1. The van der Waals surface area contributed by atoms with Crippen molar-refractivity contribution in [2.75, 3.05) is 11.9 Å². The van der Waals surface area contributed by atoms with Gasteiger partial charge in [-0.05, 0) is 36.5 Å². The summed E-state index contributed by atoms with van der Waals surface area (Å²) >= 11 is 0. The highest BCUT2D eigenvalue weighted by atomic mass is 16.5. The van der Waals surface area contributed by atoms with Crippen LogP contribution in [0.4, 0.5) is 10.5 Å². The van der Waals surface area contributed by atoms with Crippen molar-refractivity contribution in [2.45, 2.75) is 79.9 Å². The van der Waals surface area contributed by atoms with Gasteiger partial charge in [-0.2, -0.15) is 0 Å². The van der Waals surface area contributed by atoms with E-state index in [1.165, 1.54) is 0 Å². The largest absolute Gasteiger partial charge is 0.461 e. The van der Waals surface area contributed by atoms with Gasteiger partial charge < -0.3 is 26.4 Å². The number of carbonyl (C=O) groups is 6. The van der Waals surface area contributed by atoms with Crippen LogP contribution in [0, 0.1) is 23.7 Å². The van der Waals surface area contributed by atoms with Gasteiger partial charge in [0.15, 0.2) is 5.78 Å². The van der Waals surface area contributed by atoms with Gasteiger partial charge in [-0.25, -0.2) is 4.79 Å². The van der Waals surface area contributed by atoms with Crippen LogP contribution >= 0.6 is 0 Å². The molecular formula is C29H44N4O7. The fourth-order valence-corrected chi connectivity index (χ4v) is 3.71. The number of rotatable bonds is 17. The third kappa shape index (κ3) is 12.9. The maximum atomic E-state index is 13.3. The van der Waals surface area contributed by atoms with Crippen LogP contribution in [-0.2, 0) is 35.3 Å². The van der Waals surface area contributed by atoms with E-state index >= 15 is 0 Å². The number of nitrogens with two attached hydrogens (primary N) is 1. The van der Waals surface area contributed by atoms with Crippen LogP contribution in [0.1, 0.15) is 72.8 Å². The number of hydrogen-bond donors (Lipinski definition) is 4. The molecule has 0 radical (unpaired) electrons. The summed E-state index contributed by atoms with van der Waals surface area (Å²) in [6.45, 7) is 10.8. The molecule has 222 valence electrons. The molecule has 1 aromatic carbocycles. The highest BCUT2D eigenvalue weighted by Gasteiger charge is 2.30. The Balaban J connectivity index is 2.93. The SMILES string of the molecule is CC(C)C(=O)CC(=O)N[C@H](C(=O)C[C@@H](CCCNC(N)=O)C(=O)Nc1ccc(COC(=O)C(C)C)cc1)C(C)C. The first-order valence-corrected chi connectivity index (χ1v) is 13.7. The number of nitrogens with one attached hydrogen (secondary N) is 3. The number of amides is 4. The van der Waals surface area contributed by atoms with Gasteiger partial charge in [-0.3, -0.25) is 24.0 Å². The number of benzene rings is 1. The van der Waals surface area contributed by atoms with Gasteiger partial charge in [0.05, 0.1) is 18.4 Å². The number of carbonyl (C=O) groups excluding carboxylic acids is 6. The van der Waals surface area contributed by atoms with Gasteiger partial charge >= 0.3 is 12.0 Å². The maximum Gasteiger partial charge on any atom is 0.312 e. The van der Waals surface area contributed by atoms with Crippen LogP contribution in [0.25, 0.3) is 0 Å². The van der Waals surface area contributed by atoms with E-state index in [1.54, 1.807) is 65.8 Å². The number of Topliss-reactive ketones (excluding diaryl/α,β-unsaturated/α-hetero) is 2. The molecule has 0 aliphatic carbocycles. The first-order chi connectivity index (χ1) is 18.7. The summed E-state index contributed by atoms with van der Waals surface area (Å²) in [5.74, 6) is -3.33. The molecule has 1 rings (SSSR count). The molecule has 0 heterocycles. The van der Waals surface area contributed by atoms with Crippen LogP contribution < -0.4 is 21.7 Å². The topological polar surface area (TPSA) is 174 Å². The number of esters is 1. The van der Waals surface area contributed by atoms with E-state index in [2.05, 4.69) is 16.0 Å². The smallest absolute Gasteiger partial charge is 0.312 e. The summed E-state index contributed by atoms with van der Waals surface area (Å²) < 4.78 is 5.21. The zero-order chi connectivity index (χ0) is 30.4. The summed E-state index contributed by atoms with van der Waals surface area (Å²) in [4.78, 5) is 73.5. The van der Waals surface area contributed by atoms with Crippen molar-refractivity contribution in [3.63, 3.8) is 0 Å². The fourth-order valence-electron chi connectivity index (χ4n) is 3.71. The Kier molecular flexibility index (Phi) is 14.6. The van der Waals surface area contributed by atoms with E-state index in [0.717, 1.165) is 5.56 Å². The average molecular weight is 561 g/mol. The normalized spacial score (nSPS) is 12.5. The first kappa shape index (κ1) is 34.3. The number of urea groups is 1. The van der Waals surface area contributed by atoms with Crippen LogP contribution in [0.5, 0.6) is 0 Å². The molecule has 2 atom stereocenters. The predicted molar refractivity (Wildman–Crippen MR) is 151 cm³/mol. The molecule has 11 nitrogen and oxygen atoms in total. The Morgan fingerprint density at radius 2 is 1.50 bits per heavy atom. The summed E-state index contributed by atoms with van der Waals surface area (Å²) in [5, 5.41) is 7.94. The van der Waals surface area contributed by atoms with Crippen LogP contribution in [0.3, 0.4) is 0 Å². The lowest BCUT2D eigenvalue weighted by atomic mass is 9.89. The van der Waals surface area contributed by atoms with E-state index < -0.39 is 29.8 Å². The minimum atomic E-state index is -0.862.